The number of amides is 1. The van der Waals surface area contributed by atoms with Crippen LogP contribution in [0.3, 0.4) is 0 Å². The third-order valence-corrected chi connectivity index (χ3v) is 4.90. The van der Waals surface area contributed by atoms with Gasteiger partial charge in [-0.3, -0.25) is 4.79 Å². The smallest absolute Gasteiger partial charge is 0.244 e. The fraction of sp³-hybridized carbons (Fsp3) is 0.579. The number of nitrogens with zero attached hydrogens (tertiary/aromatic N) is 3. The van der Waals surface area contributed by atoms with Crippen LogP contribution in [0.15, 0.2) is 35.3 Å². The zero-order chi connectivity index (χ0) is 17.6. The Bertz CT molecular complexity index is 601. The van der Waals surface area contributed by atoms with E-state index in [0.717, 1.165) is 38.7 Å². The Hall–Kier alpha value is -1.51. The number of carbonyl (C=O) groups is 1. The number of halogens is 1. The summed E-state index contributed by atoms with van der Waals surface area (Å²) in [4.78, 5) is 21.2. The van der Waals surface area contributed by atoms with Crippen LogP contribution in [0.4, 0.5) is 5.69 Å². The van der Waals surface area contributed by atoms with E-state index in [2.05, 4.69) is 51.7 Å². The monoisotopic (exact) mass is 471 g/mol. The Morgan fingerprint density at radius 2 is 1.85 bits per heavy atom. The van der Waals surface area contributed by atoms with Crippen LogP contribution < -0.4 is 15.5 Å². The quantitative estimate of drug-likeness (QED) is 0.392. The molecular formula is C19H30IN5O. The van der Waals surface area contributed by atoms with Crippen LogP contribution in [-0.2, 0) is 4.79 Å². The molecule has 0 aromatic heterocycles. The zero-order valence-electron chi connectivity index (χ0n) is 15.6. The van der Waals surface area contributed by atoms with Gasteiger partial charge in [-0.05, 0) is 31.4 Å². The molecule has 26 heavy (non-hydrogen) atoms. The Labute approximate surface area is 173 Å². The highest BCUT2D eigenvalue weighted by Crippen LogP contribution is 2.28. The van der Waals surface area contributed by atoms with Gasteiger partial charge in [0.1, 0.15) is 6.54 Å². The second-order valence-corrected chi connectivity index (χ2v) is 6.86. The molecule has 6 nitrogen and oxygen atoms in total. The van der Waals surface area contributed by atoms with Gasteiger partial charge in [-0.1, -0.05) is 25.1 Å². The highest BCUT2D eigenvalue weighted by molar-refractivity contribution is 14.0. The molecule has 0 bridgehead atoms. The molecule has 2 N–H and O–H groups in total. The highest BCUT2D eigenvalue weighted by atomic mass is 127. The van der Waals surface area contributed by atoms with E-state index in [0.29, 0.717) is 12.0 Å². The minimum absolute atomic E-state index is 0. The van der Waals surface area contributed by atoms with E-state index in [9.17, 15) is 4.79 Å². The number of anilines is 1. The molecule has 1 aliphatic carbocycles. The first kappa shape index (κ1) is 20.8. The molecule has 1 saturated carbocycles. The minimum atomic E-state index is 0. The number of para-hydroxylation sites is 1. The van der Waals surface area contributed by atoms with Crippen molar-refractivity contribution >= 4 is 41.5 Å². The molecular weight excluding hydrogens is 441 g/mol. The SMILES string of the molecule is CCNC(=NCC(=O)N1CCN(c2ccccc2)CC1)NC1CC1C.I. The fourth-order valence-electron chi connectivity index (χ4n) is 3.12. The molecule has 7 heteroatoms. The van der Waals surface area contributed by atoms with Gasteiger partial charge in [0.15, 0.2) is 5.96 Å². The van der Waals surface area contributed by atoms with E-state index in [-0.39, 0.29) is 36.4 Å². The van der Waals surface area contributed by atoms with E-state index in [1.54, 1.807) is 0 Å². The van der Waals surface area contributed by atoms with Crippen LogP contribution in [-0.4, -0.2) is 62.1 Å². The summed E-state index contributed by atoms with van der Waals surface area (Å²) in [5.74, 6) is 1.56. The second kappa shape index (κ2) is 9.99. The van der Waals surface area contributed by atoms with Gasteiger partial charge < -0.3 is 20.4 Å². The van der Waals surface area contributed by atoms with E-state index < -0.39 is 0 Å². The van der Waals surface area contributed by atoms with Crippen molar-refractivity contribution in [3.05, 3.63) is 30.3 Å². The molecule has 1 aliphatic heterocycles. The van der Waals surface area contributed by atoms with Gasteiger partial charge in [0.2, 0.25) is 5.91 Å². The molecule has 1 saturated heterocycles. The maximum Gasteiger partial charge on any atom is 0.244 e. The molecule has 2 unspecified atom stereocenters. The number of aliphatic imine (C=N–C) groups is 1. The van der Waals surface area contributed by atoms with Crippen molar-refractivity contribution in [1.82, 2.24) is 15.5 Å². The first-order chi connectivity index (χ1) is 12.2. The van der Waals surface area contributed by atoms with Gasteiger partial charge >= 0.3 is 0 Å². The summed E-state index contributed by atoms with van der Waals surface area (Å²) in [5, 5.41) is 6.61. The number of hydrogen-bond acceptors (Lipinski definition) is 3. The Balaban J connectivity index is 0.00000243. The predicted octanol–water partition coefficient (Wildman–Crippen LogP) is 1.92. The first-order valence-corrected chi connectivity index (χ1v) is 9.30. The summed E-state index contributed by atoms with van der Waals surface area (Å²) in [5.41, 5.74) is 1.23. The number of nitrogens with one attached hydrogen (secondary N) is 2. The lowest BCUT2D eigenvalue weighted by molar-refractivity contribution is -0.129. The molecule has 2 atom stereocenters. The van der Waals surface area contributed by atoms with Crippen LogP contribution in [0.2, 0.25) is 0 Å². The summed E-state index contributed by atoms with van der Waals surface area (Å²) in [6.07, 6.45) is 1.18. The van der Waals surface area contributed by atoms with Crippen molar-refractivity contribution in [2.24, 2.45) is 10.9 Å². The number of hydrogen-bond donors (Lipinski definition) is 2. The standard InChI is InChI=1S/C19H29N5O.HI/c1-3-20-19(22-17-13-15(17)2)21-14-18(25)24-11-9-23(10-12-24)16-7-5-4-6-8-16;/h4-8,15,17H,3,9-14H2,1-2H3,(H2,20,21,22);1H. The summed E-state index contributed by atoms with van der Waals surface area (Å²) in [6.45, 7) is 8.53. The molecule has 2 aliphatic rings. The number of guanidine groups is 1. The number of benzene rings is 1. The Kier molecular flexibility index (Phi) is 7.99. The molecule has 1 aromatic carbocycles. The van der Waals surface area contributed by atoms with Crippen LogP contribution in [0.1, 0.15) is 20.3 Å². The maximum absolute atomic E-state index is 12.5. The third kappa shape index (κ3) is 5.75. The normalized spacial score (nSPS) is 22.5. The van der Waals surface area contributed by atoms with Gasteiger partial charge in [0.05, 0.1) is 0 Å². The third-order valence-electron chi connectivity index (χ3n) is 4.90. The van der Waals surface area contributed by atoms with Crippen molar-refractivity contribution < 1.29 is 4.79 Å². The van der Waals surface area contributed by atoms with Crippen molar-refractivity contribution in [3.8, 4) is 0 Å². The van der Waals surface area contributed by atoms with Gasteiger partial charge in [-0.25, -0.2) is 4.99 Å². The van der Waals surface area contributed by atoms with Gasteiger partial charge in [0, 0.05) is 44.5 Å². The summed E-state index contributed by atoms with van der Waals surface area (Å²) >= 11 is 0. The van der Waals surface area contributed by atoms with Crippen LogP contribution in [0.25, 0.3) is 0 Å². The highest BCUT2D eigenvalue weighted by Gasteiger charge is 2.33. The summed E-state index contributed by atoms with van der Waals surface area (Å²) < 4.78 is 0. The molecule has 0 spiro atoms. The molecule has 2 fully saturated rings. The lowest BCUT2D eigenvalue weighted by Gasteiger charge is -2.36. The number of rotatable bonds is 5. The number of carbonyl (C=O) groups excluding carboxylic acids is 1. The summed E-state index contributed by atoms with van der Waals surface area (Å²) in [6, 6.07) is 10.9. The van der Waals surface area contributed by atoms with Crippen molar-refractivity contribution in [1.29, 1.82) is 0 Å². The topological polar surface area (TPSA) is 60.0 Å². The first-order valence-electron chi connectivity index (χ1n) is 9.30. The van der Waals surface area contributed by atoms with E-state index in [4.69, 9.17) is 0 Å². The van der Waals surface area contributed by atoms with Crippen LogP contribution >= 0.6 is 24.0 Å². The van der Waals surface area contributed by atoms with Crippen molar-refractivity contribution in [2.75, 3.05) is 44.2 Å². The molecule has 1 amide bonds. The average Bonchev–Trinajstić information content (AvgIpc) is 3.35. The molecule has 1 heterocycles. The largest absolute Gasteiger partial charge is 0.368 e. The zero-order valence-corrected chi connectivity index (χ0v) is 18.0. The van der Waals surface area contributed by atoms with Crippen LogP contribution in [0.5, 0.6) is 0 Å². The van der Waals surface area contributed by atoms with Crippen LogP contribution in [0, 0.1) is 5.92 Å². The van der Waals surface area contributed by atoms with E-state index in [1.807, 2.05) is 17.9 Å². The lowest BCUT2D eigenvalue weighted by atomic mass is 10.2. The fourth-order valence-corrected chi connectivity index (χ4v) is 3.12. The van der Waals surface area contributed by atoms with Gasteiger partial charge in [0.25, 0.3) is 0 Å². The predicted molar refractivity (Wildman–Crippen MR) is 117 cm³/mol. The Morgan fingerprint density at radius 3 is 2.42 bits per heavy atom. The van der Waals surface area contributed by atoms with Crippen molar-refractivity contribution in [2.45, 2.75) is 26.3 Å². The van der Waals surface area contributed by atoms with Crippen molar-refractivity contribution in [3.63, 3.8) is 0 Å². The number of piperazine rings is 1. The molecule has 144 valence electrons. The Morgan fingerprint density at radius 1 is 1.19 bits per heavy atom. The van der Waals surface area contributed by atoms with E-state index >= 15 is 0 Å². The second-order valence-electron chi connectivity index (χ2n) is 6.86. The molecule has 0 radical (unpaired) electrons. The lowest BCUT2D eigenvalue weighted by Crippen LogP contribution is -2.49. The minimum Gasteiger partial charge on any atom is -0.368 e. The summed E-state index contributed by atoms with van der Waals surface area (Å²) in [7, 11) is 0. The maximum atomic E-state index is 12.5. The molecule has 1 aromatic rings. The average molecular weight is 471 g/mol. The molecule has 3 rings (SSSR count). The van der Waals surface area contributed by atoms with Gasteiger partial charge in [-0.15, -0.1) is 24.0 Å². The van der Waals surface area contributed by atoms with Gasteiger partial charge in [-0.2, -0.15) is 0 Å². The van der Waals surface area contributed by atoms with E-state index in [1.165, 1.54) is 12.1 Å².